The highest BCUT2D eigenvalue weighted by Gasteiger charge is 2.11. The standard InChI is InChI=1S/C15H16N2O3/c1-17-10-12(3-5-15(17)18)16-9-11-2-4-13-14(8-11)20-7-6-19-13/h2-5,8,10,16H,6-7,9H2,1H3. The fraction of sp³-hybridized carbons (Fsp3) is 0.267. The zero-order valence-electron chi connectivity index (χ0n) is 11.3. The maximum atomic E-state index is 11.3. The highest BCUT2D eigenvalue weighted by molar-refractivity contribution is 5.46. The van der Waals surface area contributed by atoms with Gasteiger partial charge in [0, 0.05) is 25.9 Å². The second kappa shape index (κ2) is 5.28. The van der Waals surface area contributed by atoms with E-state index < -0.39 is 0 Å². The summed E-state index contributed by atoms with van der Waals surface area (Å²) in [5.41, 5.74) is 1.99. The van der Waals surface area contributed by atoms with Crippen molar-refractivity contribution in [3.8, 4) is 11.5 Å². The average molecular weight is 272 g/mol. The normalized spacial score (nSPS) is 13.1. The quantitative estimate of drug-likeness (QED) is 0.925. The molecule has 1 aromatic carbocycles. The van der Waals surface area contributed by atoms with E-state index in [9.17, 15) is 4.79 Å². The first kappa shape index (κ1) is 12.6. The molecule has 5 nitrogen and oxygen atoms in total. The summed E-state index contributed by atoms with van der Waals surface area (Å²) in [6, 6.07) is 9.23. The van der Waals surface area contributed by atoms with Crippen molar-refractivity contribution >= 4 is 5.69 Å². The number of aromatic nitrogens is 1. The van der Waals surface area contributed by atoms with Gasteiger partial charge in [0.05, 0.1) is 5.69 Å². The summed E-state index contributed by atoms with van der Waals surface area (Å²) >= 11 is 0. The minimum absolute atomic E-state index is 0.0186. The summed E-state index contributed by atoms with van der Waals surface area (Å²) in [7, 11) is 1.73. The Kier molecular flexibility index (Phi) is 3.33. The third-order valence-electron chi connectivity index (χ3n) is 3.19. The lowest BCUT2D eigenvalue weighted by molar-refractivity contribution is 0.171. The molecule has 2 heterocycles. The van der Waals surface area contributed by atoms with Crippen molar-refractivity contribution in [1.29, 1.82) is 0 Å². The molecule has 0 fully saturated rings. The molecule has 1 aliphatic heterocycles. The lowest BCUT2D eigenvalue weighted by atomic mass is 10.2. The van der Waals surface area contributed by atoms with Gasteiger partial charge in [-0.3, -0.25) is 4.79 Å². The molecular weight excluding hydrogens is 256 g/mol. The molecule has 20 heavy (non-hydrogen) atoms. The summed E-state index contributed by atoms with van der Waals surface area (Å²) < 4.78 is 12.6. The lowest BCUT2D eigenvalue weighted by Gasteiger charge is -2.19. The fourth-order valence-corrected chi connectivity index (χ4v) is 2.10. The van der Waals surface area contributed by atoms with Crippen LogP contribution in [-0.4, -0.2) is 17.8 Å². The van der Waals surface area contributed by atoms with Gasteiger partial charge in [0.1, 0.15) is 13.2 Å². The van der Waals surface area contributed by atoms with Gasteiger partial charge in [0.25, 0.3) is 0 Å². The Hall–Kier alpha value is -2.43. The number of rotatable bonds is 3. The first-order valence-corrected chi connectivity index (χ1v) is 6.51. The number of benzene rings is 1. The molecule has 0 atom stereocenters. The Labute approximate surface area is 116 Å². The van der Waals surface area contributed by atoms with Crippen LogP contribution in [0, 0.1) is 0 Å². The Bertz CT molecular complexity index is 679. The molecule has 5 heteroatoms. The molecule has 3 rings (SSSR count). The Morgan fingerprint density at radius 2 is 1.95 bits per heavy atom. The molecule has 0 amide bonds. The first-order chi connectivity index (χ1) is 9.72. The van der Waals surface area contributed by atoms with E-state index in [1.807, 2.05) is 18.2 Å². The van der Waals surface area contributed by atoms with Crippen LogP contribution in [0.5, 0.6) is 11.5 Å². The van der Waals surface area contributed by atoms with Gasteiger partial charge in [0.2, 0.25) is 5.56 Å². The summed E-state index contributed by atoms with van der Waals surface area (Å²) in [5.74, 6) is 1.58. The summed E-state index contributed by atoms with van der Waals surface area (Å²) in [6.45, 7) is 1.85. The third kappa shape index (κ3) is 2.61. The Morgan fingerprint density at radius 1 is 1.15 bits per heavy atom. The number of hydrogen-bond donors (Lipinski definition) is 1. The SMILES string of the molecule is Cn1cc(NCc2ccc3c(c2)OCCO3)ccc1=O. The fourth-order valence-electron chi connectivity index (χ4n) is 2.10. The zero-order valence-corrected chi connectivity index (χ0v) is 11.3. The van der Waals surface area contributed by atoms with Crippen LogP contribution in [0.25, 0.3) is 0 Å². The number of aryl methyl sites for hydroxylation is 1. The maximum absolute atomic E-state index is 11.3. The average Bonchev–Trinajstić information content (AvgIpc) is 2.48. The highest BCUT2D eigenvalue weighted by Crippen LogP contribution is 2.30. The smallest absolute Gasteiger partial charge is 0.250 e. The van der Waals surface area contributed by atoms with Crippen LogP contribution in [0.1, 0.15) is 5.56 Å². The van der Waals surface area contributed by atoms with E-state index in [2.05, 4.69) is 5.32 Å². The molecule has 104 valence electrons. The minimum Gasteiger partial charge on any atom is -0.486 e. The number of hydrogen-bond acceptors (Lipinski definition) is 4. The van der Waals surface area contributed by atoms with Crippen molar-refractivity contribution in [2.24, 2.45) is 7.05 Å². The van der Waals surface area contributed by atoms with E-state index >= 15 is 0 Å². The Morgan fingerprint density at radius 3 is 2.75 bits per heavy atom. The van der Waals surface area contributed by atoms with E-state index in [1.165, 1.54) is 0 Å². The molecule has 2 aromatic rings. The van der Waals surface area contributed by atoms with Crippen LogP contribution < -0.4 is 20.3 Å². The summed E-state index contributed by atoms with van der Waals surface area (Å²) in [6.07, 6.45) is 1.78. The first-order valence-electron chi connectivity index (χ1n) is 6.51. The molecule has 0 unspecified atom stereocenters. The van der Waals surface area contributed by atoms with Crippen molar-refractivity contribution in [2.75, 3.05) is 18.5 Å². The Balaban J connectivity index is 1.71. The highest BCUT2D eigenvalue weighted by atomic mass is 16.6. The minimum atomic E-state index is -0.0186. The topological polar surface area (TPSA) is 52.5 Å². The van der Waals surface area contributed by atoms with Crippen LogP contribution in [-0.2, 0) is 13.6 Å². The van der Waals surface area contributed by atoms with E-state index in [4.69, 9.17) is 9.47 Å². The van der Waals surface area contributed by atoms with Crippen molar-refractivity contribution < 1.29 is 9.47 Å². The molecule has 0 bridgehead atoms. The van der Waals surface area contributed by atoms with Crippen molar-refractivity contribution in [3.05, 3.63) is 52.4 Å². The number of nitrogens with zero attached hydrogens (tertiary/aromatic N) is 1. The van der Waals surface area contributed by atoms with Gasteiger partial charge in [-0.2, -0.15) is 0 Å². The van der Waals surface area contributed by atoms with Gasteiger partial charge in [-0.25, -0.2) is 0 Å². The molecular formula is C15H16N2O3. The van der Waals surface area contributed by atoms with E-state index in [1.54, 1.807) is 29.9 Å². The number of nitrogens with one attached hydrogen (secondary N) is 1. The number of ether oxygens (including phenoxy) is 2. The van der Waals surface area contributed by atoms with Crippen molar-refractivity contribution in [3.63, 3.8) is 0 Å². The van der Waals surface area contributed by atoms with Crippen LogP contribution in [0.4, 0.5) is 5.69 Å². The second-order valence-corrected chi connectivity index (χ2v) is 4.70. The zero-order chi connectivity index (χ0) is 13.9. The van der Waals surface area contributed by atoms with Crippen LogP contribution in [0.3, 0.4) is 0 Å². The molecule has 0 saturated heterocycles. The lowest BCUT2D eigenvalue weighted by Crippen LogP contribution is -2.16. The summed E-state index contributed by atoms with van der Waals surface area (Å²) in [5, 5.41) is 3.28. The number of fused-ring (bicyclic) bond motifs is 1. The predicted molar refractivity (Wildman–Crippen MR) is 76.4 cm³/mol. The van der Waals surface area contributed by atoms with Gasteiger partial charge in [-0.1, -0.05) is 6.07 Å². The third-order valence-corrected chi connectivity index (χ3v) is 3.19. The van der Waals surface area contributed by atoms with E-state index in [0.717, 1.165) is 22.7 Å². The molecule has 1 aromatic heterocycles. The van der Waals surface area contributed by atoms with Crippen LogP contribution in [0.15, 0.2) is 41.3 Å². The van der Waals surface area contributed by atoms with Gasteiger partial charge >= 0.3 is 0 Å². The van der Waals surface area contributed by atoms with E-state index in [-0.39, 0.29) is 5.56 Å². The largest absolute Gasteiger partial charge is 0.486 e. The molecule has 1 aliphatic rings. The molecule has 1 N–H and O–H groups in total. The second-order valence-electron chi connectivity index (χ2n) is 4.70. The van der Waals surface area contributed by atoms with Gasteiger partial charge in [-0.05, 0) is 23.8 Å². The molecule has 0 aliphatic carbocycles. The summed E-state index contributed by atoms with van der Waals surface area (Å²) in [4.78, 5) is 11.3. The number of anilines is 1. The van der Waals surface area contributed by atoms with Crippen molar-refractivity contribution in [2.45, 2.75) is 6.54 Å². The van der Waals surface area contributed by atoms with Crippen LogP contribution in [0.2, 0.25) is 0 Å². The maximum Gasteiger partial charge on any atom is 0.250 e. The monoisotopic (exact) mass is 272 g/mol. The van der Waals surface area contributed by atoms with Gasteiger partial charge < -0.3 is 19.4 Å². The van der Waals surface area contributed by atoms with Gasteiger partial charge in [0.15, 0.2) is 11.5 Å². The molecule has 0 spiro atoms. The van der Waals surface area contributed by atoms with Crippen molar-refractivity contribution in [1.82, 2.24) is 4.57 Å². The molecule has 0 saturated carbocycles. The number of pyridine rings is 1. The van der Waals surface area contributed by atoms with Gasteiger partial charge in [-0.15, -0.1) is 0 Å². The molecule has 0 radical (unpaired) electrons. The predicted octanol–water partition coefficient (Wildman–Crippen LogP) is 1.77. The van der Waals surface area contributed by atoms with E-state index in [0.29, 0.717) is 19.8 Å². The van der Waals surface area contributed by atoms with Crippen LogP contribution >= 0.6 is 0 Å².